The molecule has 0 amide bonds. The molecule has 0 rings (SSSR count). The molecule has 0 aliphatic heterocycles. The fourth-order valence-electron chi connectivity index (χ4n) is 2.54. The molecule has 0 heterocycles. The number of nitrogens with zero attached hydrogens (tertiary/aromatic N) is 2. The van der Waals surface area contributed by atoms with Crippen molar-refractivity contribution in [3.63, 3.8) is 0 Å². The number of rotatable bonds is 4. The van der Waals surface area contributed by atoms with Gasteiger partial charge < -0.3 is 9.80 Å². The van der Waals surface area contributed by atoms with Crippen LogP contribution in [0.1, 0.15) is 0 Å². The Bertz CT molecular complexity index is 346. The first-order valence-corrected chi connectivity index (χ1v) is 34.2. The molecule has 0 atom stereocenters. The number of hydrogen-bond acceptors (Lipinski definition) is 2. The lowest BCUT2D eigenvalue weighted by atomic mass is 11.0. The predicted molar refractivity (Wildman–Crippen MR) is 189 cm³/mol. The van der Waals surface area contributed by atoms with Crippen molar-refractivity contribution in [1.82, 2.24) is 9.80 Å². The third-order valence-electron chi connectivity index (χ3n) is 1.85. The molecule has 2 radical (unpaired) electrons. The Morgan fingerprint density at radius 2 is 0.588 bits per heavy atom. The van der Waals surface area contributed by atoms with E-state index in [0.717, 1.165) is 0 Å². The van der Waals surface area contributed by atoms with Crippen LogP contribution in [-0.4, -0.2) is 101 Å². The normalized spacial score (nSPS) is 11.6. The zero-order chi connectivity index (χ0) is 29.7. The molecule has 0 unspecified atom stereocenters. The molecule has 0 aromatic carbocycles. The molecule has 0 bridgehead atoms. The minimum Gasteiger partial charge on any atom is -0.312 e. The highest BCUT2D eigenvalue weighted by atomic mass is 28.4. The molecule has 214 valence electrons. The van der Waals surface area contributed by atoms with Gasteiger partial charge in [0.15, 0.2) is 0 Å². The van der Waals surface area contributed by atoms with Gasteiger partial charge in [-0.25, -0.2) is 0 Å². The molecule has 0 saturated heterocycles. The van der Waals surface area contributed by atoms with Crippen molar-refractivity contribution in [2.45, 2.75) is 130 Å². The van der Waals surface area contributed by atoms with Gasteiger partial charge in [-0.15, -0.1) is 0 Å². The molecule has 34 heavy (non-hydrogen) atoms. The maximum absolute atomic E-state index is 2.46. The van der Waals surface area contributed by atoms with E-state index in [2.05, 4.69) is 143 Å². The zero-order valence-corrected chi connectivity index (χ0v) is 35.3. The molecule has 0 spiro atoms. The third-order valence-corrected chi connectivity index (χ3v) is 11.9. The quantitative estimate of drug-likeness (QED) is 0.303. The molecule has 0 aliphatic carbocycles. The molecule has 8 heteroatoms. The topological polar surface area (TPSA) is 6.48 Å². The summed E-state index contributed by atoms with van der Waals surface area (Å²) in [5, 5.41) is 0. The minimum atomic E-state index is -0.794. The zero-order valence-electron chi connectivity index (χ0n) is 29.3. The van der Waals surface area contributed by atoms with E-state index < -0.39 is 32.3 Å². The van der Waals surface area contributed by atoms with Crippen molar-refractivity contribution in [3.8, 4) is 0 Å². The highest BCUT2D eigenvalue weighted by molar-refractivity contribution is 6.94. The van der Waals surface area contributed by atoms with E-state index in [1.807, 2.05) is 26.0 Å². The summed E-state index contributed by atoms with van der Waals surface area (Å²) in [4.78, 5) is 4.27. The van der Waals surface area contributed by atoms with Crippen molar-refractivity contribution in [3.05, 3.63) is 0 Å². The van der Waals surface area contributed by atoms with Gasteiger partial charge in [0, 0.05) is 41.8 Å². The highest BCUT2D eigenvalue weighted by Gasteiger charge is 2.23. The Kier molecular flexibility index (Phi) is 34.9. The fourth-order valence-corrected chi connectivity index (χ4v) is 17.2. The van der Waals surface area contributed by atoms with Crippen LogP contribution < -0.4 is 0 Å². The molecule has 0 aromatic heterocycles. The SMILES string of the molecule is CN(C)C.CN(C)C[Si](C)(C)C.C[Si](C)(C)C.C[Si](C)(C)C[Si](C)(C)C.C[Si](C)C.C[Si](C)C. The van der Waals surface area contributed by atoms with Crippen LogP contribution >= 0.6 is 0 Å². The van der Waals surface area contributed by atoms with E-state index in [-0.39, 0.29) is 17.6 Å². The van der Waals surface area contributed by atoms with Crippen molar-refractivity contribution in [1.29, 1.82) is 0 Å². The Hall–Kier alpha value is 1.22. The highest BCUT2D eigenvalue weighted by Crippen LogP contribution is 2.18. The van der Waals surface area contributed by atoms with Crippen LogP contribution in [0.2, 0.25) is 130 Å². The summed E-state index contributed by atoms with van der Waals surface area (Å²) in [5.41, 5.74) is 1.57. The van der Waals surface area contributed by atoms with Gasteiger partial charge in [-0.1, -0.05) is 130 Å². The second-order valence-electron chi connectivity index (χ2n) is 16.4. The van der Waals surface area contributed by atoms with E-state index in [0.29, 0.717) is 0 Å². The van der Waals surface area contributed by atoms with E-state index >= 15 is 0 Å². The fraction of sp³-hybridized carbons (Fsp3) is 1.00. The Labute approximate surface area is 230 Å². The van der Waals surface area contributed by atoms with Gasteiger partial charge in [0.1, 0.15) is 0 Å². The summed E-state index contributed by atoms with van der Waals surface area (Å²) in [7, 11) is 7.65. The van der Waals surface area contributed by atoms with Gasteiger partial charge in [-0.2, -0.15) is 0 Å². The standard InChI is InChI=1S/C7H20Si2.C6H17NSi.C4H12Si.C3H9N.2C3H9Si/c1-8(2,3)7-9(4,5)6;1-7(2)6-8(3,4)5;1-5(2,3)4;3*1-4(2)3/h7H2,1-6H3;6H2,1-5H3;1-4H3;3*1-3H3. The minimum absolute atomic E-state index is 0.120. The van der Waals surface area contributed by atoms with Gasteiger partial charge in [-0.3, -0.25) is 0 Å². The maximum Gasteiger partial charge on any atom is 0.0599 e. The molecule has 0 aromatic rings. The van der Waals surface area contributed by atoms with Gasteiger partial charge in [-0.05, 0) is 41.4 Å². The van der Waals surface area contributed by atoms with Crippen LogP contribution in [0.5, 0.6) is 0 Å². The summed E-state index contributed by atoms with van der Waals surface area (Å²) < 4.78 is 0. The lowest BCUT2D eigenvalue weighted by molar-refractivity contribution is 0.471. The molecule has 0 N–H and O–H groups in total. The summed E-state index contributed by atoms with van der Waals surface area (Å²) in [6.07, 6.45) is 1.30. The van der Waals surface area contributed by atoms with Crippen LogP contribution in [-0.2, 0) is 0 Å². The average Bonchev–Trinajstić information content (AvgIpc) is 2.25. The predicted octanol–water partition coefficient (Wildman–Crippen LogP) is 9.50. The first-order chi connectivity index (χ1) is 14.3. The number of hydrogen-bond donors (Lipinski definition) is 0. The summed E-state index contributed by atoms with van der Waals surface area (Å²) >= 11 is 0. The van der Waals surface area contributed by atoms with Crippen LogP contribution in [0, 0.1) is 0 Å². The largest absolute Gasteiger partial charge is 0.312 e. The van der Waals surface area contributed by atoms with Crippen LogP contribution in [0.15, 0.2) is 0 Å². The molecule has 2 nitrogen and oxygen atoms in total. The van der Waals surface area contributed by atoms with Crippen LogP contribution in [0.3, 0.4) is 0 Å². The summed E-state index contributed by atoms with van der Waals surface area (Å²) in [6, 6.07) is 0. The van der Waals surface area contributed by atoms with Gasteiger partial charge in [0.05, 0.1) is 8.07 Å². The molecular weight excluding hydrogens is 509 g/mol. The monoisotopic (exact) mass is 584 g/mol. The van der Waals surface area contributed by atoms with E-state index in [4.69, 9.17) is 0 Å². The van der Waals surface area contributed by atoms with E-state index in [1.54, 1.807) is 5.67 Å². The Balaban J connectivity index is -0.0000000719. The maximum atomic E-state index is 2.46. The van der Waals surface area contributed by atoms with Crippen molar-refractivity contribution in [2.75, 3.05) is 41.4 Å². The van der Waals surface area contributed by atoms with Gasteiger partial charge >= 0.3 is 0 Å². The smallest absolute Gasteiger partial charge is 0.0599 e. The van der Waals surface area contributed by atoms with Crippen LogP contribution in [0.25, 0.3) is 0 Å². The molecule has 0 fully saturated rings. The van der Waals surface area contributed by atoms with E-state index in [9.17, 15) is 0 Å². The Morgan fingerprint density at radius 3 is 0.588 bits per heavy atom. The first-order valence-electron chi connectivity index (χ1n) is 13.1. The lowest BCUT2D eigenvalue weighted by Crippen LogP contribution is -2.35. The first kappa shape index (κ1) is 48.3. The second-order valence-corrected chi connectivity index (χ2v) is 45.5. The third kappa shape index (κ3) is 231. The van der Waals surface area contributed by atoms with Crippen LogP contribution in [0.4, 0.5) is 0 Å². The molecular formula is C26H76N2Si6. The van der Waals surface area contributed by atoms with Gasteiger partial charge in [0.25, 0.3) is 0 Å². The van der Waals surface area contributed by atoms with Crippen molar-refractivity contribution >= 4 is 49.9 Å². The molecule has 0 aliphatic rings. The molecule has 0 saturated carbocycles. The average molecular weight is 585 g/mol. The van der Waals surface area contributed by atoms with Crippen molar-refractivity contribution in [2.24, 2.45) is 0 Å². The summed E-state index contributed by atoms with van der Waals surface area (Å²) in [5.74, 6) is 0. The summed E-state index contributed by atoms with van der Waals surface area (Å²) in [6.45, 7) is 44.8. The lowest BCUT2D eigenvalue weighted by Gasteiger charge is -2.25. The Morgan fingerprint density at radius 1 is 0.441 bits per heavy atom. The second kappa shape index (κ2) is 24.6. The van der Waals surface area contributed by atoms with E-state index in [1.165, 1.54) is 6.17 Å². The van der Waals surface area contributed by atoms with Crippen molar-refractivity contribution < 1.29 is 0 Å². The van der Waals surface area contributed by atoms with Gasteiger partial charge in [0.2, 0.25) is 0 Å².